The minimum absolute atomic E-state index is 0.0382. The molecular weight excluding hydrogens is 516 g/mol. The number of rotatable bonds is 7. The van der Waals surface area contributed by atoms with Crippen LogP contribution in [0.4, 0.5) is 0 Å². The van der Waals surface area contributed by atoms with Crippen LogP contribution in [-0.4, -0.2) is 42.1 Å². The molecule has 0 unspecified atom stereocenters. The molecule has 0 fully saturated rings. The fourth-order valence-corrected chi connectivity index (χ4v) is 6.19. The first-order valence-corrected chi connectivity index (χ1v) is 14.0. The van der Waals surface area contributed by atoms with Crippen LogP contribution < -0.4 is 0 Å². The van der Waals surface area contributed by atoms with E-state index in [1.54, 1.807) is 0 Å². The van der Waals surface area contributed by atoms with Crippen molar-refractivity contribution in [2.24, 2.45) is 0 Å². The average molecular weight is 553 g/mol. The van der Waals surface area contributed by atoms with Crippen molar-refractivity contribution in [1.82, 2.24) is 19.9 Å². The Kier molecular flexibility index (Phi) is 7.43. The van der Waals surface area contributed by atoms with Crippen molar-refractivity contribution in [1.29, 1.82) is 0 Å². The molecule has 0 saturated heterocycles. The third-order valence-corrected chi connectivity index (χ3v) is 8.52. The van der Waals surface area contributed by atoms with Crippen molar-refractivity contribution in [3.63, 3.8) is 0 Å². The van der Waals surface area contributed by atoms with Crippen molar-refractivity contribution in [3.8, 4) is 0 Å². The van der Waals surface area contributed by atoms with E-state index in [9.17, 15) is 19.8 Å². The standard InChI is InChI=1S/C33H36N4O4/c1-7-20-18(5)26-15-30-21(8-2)17(4)25(35-30)14-27-19(6)22(9-10-31(38)39)33(37-27)23(12-32(40)41)28-11-16(3)24(34-28)13-29(20)36-26/h8,11,13-15,19,22,35-36H,2,7,9-10,12H2,1,3-6H3,(H,38,39)(H,40,41)/t19-,22-/m0/s1. The second-order valence-corrected chi connectivity index (χ2v) is 11.0. The van der Waals surface area contributed by atoms with Crippen LogP contribution in [0.3, 0.4) is 0 Å². The van der Waals surface area contributed by atoms with Gasteiger partial charge in [-0.1, -0.05) is 26.5 Å². The van der Waals surface area contributed by atoms with E-state index in [1.807, 2.05) is 45.1 Å². The van der Waals surface area contributed by atoms with Gasteiger partial charge in [-0.2, -0.15) is 0 Å². The van der Waals surface area contributed by atoms with Crippen LogP contribution in [0.15, 0.2) is 24.8 Å². The van der Waals surface area contributed by atoms with E-state index >= 15 is 0 Å². The normalized spacial score (nSPS) is 16.5. The molecule has 0 radical (unpaired) electrons. The molecule has 3 aromatic heterocycles. The lowest BCUT2D eigenvalue weighted by Crippen LogP contribution is -2.11. The van der Waals surface area contributed by atoms with Gasteiger partial charge in [0.25, 0.3) is 0 Å². The number of aromatic amines is 2. The molecule has 3 aromatic rings. The Morgan fingerprint density at radius 3 is 2.32 bits per heavy atom. The molecule has 8 bridgehead atoms. The molecule has 41 heavy (non-hydrogen) atoms. The zero-order valence-corrected chi connectivity index (χ0v) is 24.2. The quantitative estimate of drug-likeness (QED) is 0.248. The minimum atomic E-state index is -0.987. The summed E-state index contributed by atoms with van der Waals surface area (Å²) in [5, 5.41) is 19.4. The Bertz CT molecular complexity index is 1790. The van der Waals surface area contributed by atoms with Gasteiger partial charge in [0, 0.05) is 57.1 Å². The summed E-state index contributed by atoms with van der Waals surface area (Å²) in [5.74, 6) is -2.26. The molecule has 5 rings (SSSR count). The highest BCUT2D eigenvalue weighted by atomic mass is 16.4. The fraction of sp³-hybridized carbons (Fsp3) is 0.333. The first-order chi connectivity index (χ1) is 19.5. The Hall–Kier alpha value is -4.46. The zero-order chi connectivity index (χ0) is 29.6. The summed E-state index contributed by atoms with van der Waals surface area (Å²) < 4.78 is 0. The monoisotopic (exact) mass is 552 g/mol. The highest BCUT2D eigenvalue weighted by Gasteiger charge is 2.33. The Labute approximate surface area is 238 Å². The zero-order valence-electron chi connectivity index (χ0n) is 24.2. The first-order valence-electron chi connectivity index (χ1n) is 14.0. The summed E-state index contributed by atoms with van der Waals surface area (Å²) in [6.45, 7) is 14.3. The maximum absolute atomic E-state index is 12.1. The molecule has 2 atom stereocenters. The number of hydrogen-bond acceptors (Lipinski definition) is 4. The molecule has 0 amide bonds. The molecule has 212 valence electrons. The molecule has 0 saturated carbocycles. The molecular formula is C33H36N4O4. The summed E-state index contributed by atoms with van der Waals surface area (Å²) in [7, 11) is 0. The van der Waals surface area contributed by atoms with Gasteiger partial charge in [0.2, 0.25) is 0 Å². The number of aryl methyl sites for hydroxylation is 3. The van der Waals surface area contributed by atoms with E-state index < -0.39 is 11.9 Å². The third kappa shape index (κ3) is 5.10. The summed E-state index contributed by atoms with van der Waals surface area (Å²) in [6, 6.07) is 6.14. The summed E-state index contributed by atoms with van der Waals surface area (Å²) >= 11 is 0. The van der Waals surface area contributed by atoms with Gasteiger partial charge in [-0.15, -0.1) is 0 Å². The molecule has 0 spiro atoms. The predicted octanol–water partition coefficient (Wildman–Crippen LogP) is 7.08. The minimum Gasteiger partial charge on any atom is -0.481 e. The van der Waals surface area contributed by atoms with E-state index in [0.717, 1.165) is 62.1 Å². The molecule has 0 aromatic carbocycles. The Balaban J connectivity index is 1.97. The van der Waals surface area contributed by atoms with Gasteiger partial charge in [-0.3, -0.25) is 14.6 Å². The van der Waals surface area contributed by atoms with Crippen LogP contribution in [0.2, 0.25) is 0 Å². The van der Waals surface area contributed by atoms with Crippen LogP contribution in [0.25, 0.3) is 39.8 Å². The number of carbonyl (C=O) groups is 2. The van der Waals surface area contributed by atoms with Gasteiger partial charge < -0.3 is 20.2 Å². The number of hydrogen-bond donors (Lipinski definition) is 4. The van der Waals surface area contributed by atoms with Crippen molar-refractivity contribution in [3.05, 3.63) is 75.4 Å². The number of aliphatic carboxylic acids is 2. The maximum atomic E-state index is 12.1. The number of allylic oxidation sites excluding steroid dienone is 1. The molecule has 0 aliphatic carbocycles. The van der Waals surface area contributed by atoms with Crippen LogP contribution in [0.5, 0.6) is 0 Å². The number of carboxylic acid groups (broad SMARTS) is 2. The van der Waals surface area contributed by atoms with Gasteiger partial charge >= 0.3 is 11.9 Å². The molecule has 2 aliphatic rings. The van der Waals surface area contributed by atoms with Gasteiger partial charge in [0.15, 0.2) is 0 Å². The lowest BCUT2D eigenvalue weighted by atomic mass is 9.85. The van der Waals surface area contributed by atoms with Crippen LogP contribution in [-0.2, 0) is 22.4 Å². The smallest absolute Gasteiger partial charge is 0.307 e. The van der Waals surface area contributed by atoms with Gasteiger partial charge in [0.1, 0.15) is 0 Å². The number of nitrogens with zero attached hydrogens (tertiary/aromatic N) is 2. The van der Waals surface area contributed by atoms with Gasteiger partial charge in [0.05, 0.1) is 23.5 Å². The lowest BCUT2D eigenvalue weighted by molar-refractivity contribution is -0.138. The average Bonchev–Trinajstić information content (AvgIpc) is 3.60. The van der Waals surface area contributed by atoms with Crippen LogP contribution >= 0.6 is 0 Å². The highest BCUT2D eigenvalue weighted by molar-refractivity contribution is 5.87. The summed E-state index contributed by atoms with van der Waals surface area (Å²) in [6.07, 6.45) is 4.64. The number of aromatic nitrogens is 4. The first kappa shape index (κ1) is 28.1. The lowest BCUT2D eigenvalue weighted by Gasteiger charge is -2.17. The summed E-state index contributed by atoms with van der Waals surface area (Å²) in [5.41, 5.74) is 12.3. The third-order valence-electron chi connectivity index (χ3n) is 8.52. The molecule has 5 heterocycles. The van der Waals surface area contributed by atoms with E-state index in [4.69, 9.17) is 9.97 Å². The molecule has 4 N–H and O–H groups in total. The Morgan fingerprint density at radius 1 is 0.951 bits per heavy atom. The van der Waals surface area contributed by atoms with Crippen molar-refractivity contribution in [2.75, 3.05) is 0 Å². The van der Waals surface area contributed by atoms with E-state index in [-0.39, 0.29) is 24.7 Å². The fourth-order valence-electron chi connectivity index (χ4n) is 6.19. The molecule has 8 heteroatoms. The largest absolute Gasteiger partial charge is 0.481 e. The number of fused-ring (bicyclic) bond motifs is 8. The number of nitrogens with one attached hydrogen (secondary N) is 2. The van der Waals surface area contributed by atoms with Crippen molar-refractivity contribution < 1.29 is 19.8 Å². The van der Waals surface area contributed by atoms with Gasteiger partial charge in [-0.05, 0) is 80.2 Å². The highest BCUT2D eigenvalue weighted by Crippen LogP contribution is 2.42. The topological polar surface area (TPSA) is 132 Å². The molecule has 2 aliphatic heterocycles. The molecule has 8 nitrogen and oxygen atoms in total. The van der Waals surface area contributed by atoms with Crippen LogP contribution in [0, 0.1) is 13.8 Å². The van der Waals surface area contributed by atoms with Crippen LogP contribution in [0.1, 0.15) is 96.0 Å². The van der Waals surface area contributed by atoms with E-state index in [1.165, 1.54) is 5.56 Å². The number of carboxylic acids is 2. The van der Waals surface area contributed by atoms with E-state index in [0.29, 0.717) is 23.4 Å². The van der Waals surface area contributed by atoms with Crippen molar-refractivity contribution in [2.45, 2.75) is 72.1 Å². The van der Waals surface area contributed by atoms with E-state index in [2.05, 4.69) is 36.5 Å². The second-order valence-electron chi connectivity index (χ2n) is 11.0. The van der Waals surface area contributed by atoms with Gasteiger partial charge in [-0.25, -0.2) is 4.98 Å². The maximum Gasteiger partial charge on any atom is 0.307 e. The Morgan fingerprint density at radius 2 is 1.66 bits per heavy atom. The predicted molar refractivity (Wildman–Crippen MR) is 163 cm³/mol. The number of H-pyrrole nitrogens is 2. The van der Waals surface area contributed by atoms with Crippen molar-refractivity contribution >= 4 is 51.7 Å². The second kappa shape index (κ2) is 10.8. The SMILES string of the molecule is C=Cc1c(C)c2cc3nc(c(CC(=O)O)c4nc(cc5[nH]c(cc1[nH]2)c(C)c5CC)C(C)=C4)[C@@H](CCC(=O)O)[C@@H]3C. The summed E-state index contributed by atoms with van der Waals surface area (Å²) in [4.78, 5) is 40.8.